The van der Waals surface area contributed by atoms with Crippen molar-refractivity contribution in [3.63, 3.8) is 0 Å². The number of furan rings is 1. The number of carboxylic acid groups (broad SMARTS) is 1. The molecule has 4 rings (SSSR count). The number of thioether (sulfide) groups is 1. The van der Waals surface area contributed by atoms with Crippen molar-refractivity contribution >= 4 is 40.9 Å². The fourth-order valence-corrected chi connectivity index (χ4v) is 5.39. The summed E-state index contributed by atoms with van der Waals surface area (Å²) in [7, 11) is 3.09. The number of halogens is 1. The number of carbonyl (C=O) groups excluding carboxylic acids is 1. The molecule has 0 spiro atoms. The van der Waals surface area contributed by atoms with Gasteiger partial charge in [-0.15, -0.1) is 11.8 Å². The van der Waals surface area contributed by atoms with Crippen molar-refractivity contribution in [3.8, 4) is 11.5 Å². The minimum atomic E-state index is -0.874. The van der Waals surface area contributed by atoms with Gasteiger partial charge in [0.1, 0.15) is 23.1 Å². The van der Waals surface area contributed by atoms with Gasteiger partial charge in [-0.1, -0.05) is 6.07 Å². The lowest BCUT2D eigenvalue weighted by molar-refractivity contribution is -0.136. The second kappa shape index (κ2) is 12.0. The van der Waals surface area contributed by atoms with E-state index >= 15 is 0 Å². The molecular formula is C29H28FNO6S. The molecule has 0 saturated carbocycles. The molecular weight excluding hydrogens is 509 g/mol. The monoisotopic (exact) mass is 537 g/mol. The maximum Gasteiger partial charge on any atom is 0.304 e. The van der Waals surface area contributed by atoms with Gasteiger partial charge in [0.25, 0.3) is 0 Å². The van der Waals surface area contributed by atoms with Gasteiger partial charge in [0.15, 0.2) is 0 Å². The highest BCUT2D eigenvalue weighted by molar-refractivity contribution is 7.99. The Morgan fingerprint density at radius 2 is 1.84 bits per heavy atom. The van der Waals surface area contributed by atoms with Crippen LogP contribution >= 0.6 is 11.8 Å². The highest BCUT2D eigenvalue weighted by Gasteiger charge is 2.26. The third-order valence-electron chi connectivity index (χ3n) is 6.19. The summed E-state index contributed by atoms with van der Waals surface area (Å²) in [5, 5.41) is 11.8. The van der Waals surface area contributed by atoms with Gasteiger partial charge in [-0.25, -0.2) is 4.39 Å². The van der Waals surface area contributed by atoms with Gasteiger partial charge in [-0.05, 0) is 82.8 Å². The molecule has 0 unspecified atom stereocenters. The predicted octanol–water partition coefficient (Wildman–Crippen LogP) is 6.04. The summed E-state index contributed by atoms with van der Waals surface area (Å²) in [5.41, 5.74) is 4.79. The van der Waals surface area contributed by atoms with E-state index in [1.54, 1.807) is 38.7 Å². The Bertz CT molecular complexity index is 1390. The Hall–Kier alpha value is -3.98. The van der Waals surface area contributed by atoms with E-state index in [-0.39, 0.29) is 31.1 Å². The zero-order chi connectivity index (χ0) is 27.2. The van der Waals surface area contributed by atoms with Gasteiger partial charge < -0.3 is 24.3 Å². The van der Waals surface area contributed by atoms with Crippen molar-refractivity contribution in [1.82, 2.24) is 5.32 Å². The summed E-state index contributed by atoms with van der Waals surface area (Å²) >= 11 is 1.35. The Kier molecular flexibility index (Phi) is 8.58. The molecule has 0 fully saturated rings. The first-order chi connectivity index (χ1) is 18.3. The van der Waals surface area contributed by atoms with Crippen molar-refractivity contribution in [3.05, 3.63) is 82.6 Å². The maximum absolute atomic E-state index is 14.3. The number of rotatable bonds is 11. The Balaban J connectivity index is 1.67. The van der Waals surface area contributed by atoms with E-state index in [9.17, 15) is 14.0 Å². The van der Waals surface area contributed by atoms with E-state index in [0.717, 1.165) is 27.8 Å². The van der Waals surface area contributed by atoms with Gasteiger partial charge in [0, 0.05) is 5.75 Å². The molecule has 1 amide bonds. The fourth-order valence-electron chi connectivity index (χ4n) is 4.34. The number of methoxy groups -OCH3 is 2. The van der Waals surface area contributed by atoms with Crippen LogP contribution in [0.5, 0.6) is 11.5 Å². The molecule has 0 bridgehead atoms. The summed E-state index contributed by atoms with van der Waals surface area (Å²) in [6.07, 6.45) is 3.60. The third-order valence-corrected chi connectivity index (χ3v) is 7.29. The SMILES string of the molecule is COc1cc(/C=C2/C(C)=C(CC(=O)NCc3ccco3)c3cc(F)ccc32)cc(OC)c1SCCC(=O)O. The van der Waals surface area contributed by atoms with Crippen LogP contribution in [0.25, 0.3) is 17.2 Å². The van der Waals surface area contributed by atoms with Crippen LogP contribution in [-0.2, 0) is 16.1 Å². The number of amides is 1. The van der Waals surface area contributed by atoms with Gasteiger partial charge in [0.05, 0.1) is 44.8 Å². The Labute approximate surface area is 224 Å². The number of hydrogen-bond donors (Lipinski definition) is 2. The minimum Gasteiger partial charge on any atom is -0.495 e. The van der Waals surface area contributed by atoms with Crippen LogP contribution in [0.15, 0.2) is 63.6 Å². The van der Waals surface area contributed by atoms with Crippen molar-refractivity contribution in [2.75, 3.05) is 20.0 Å². The van der Waals surface area contributed by atoms with Gasteiger partial charge in [0.2, 0.25) is 5.91 Å². The normalized spacial score (nSPS) is 13.5. The van der Waals surface area contributed by atoms with E-state index in [0.29, 0.717) is 33.5 Å². The van der Waals surface area contributed by atoms with Crippen LogP contribution in [0, 0.1) is 5.82 Å². The molecule has 0 aliphatic heterocycles. The molecule has 0 radical (unpaired) electrons. The van der Waals surface area contributed by atoms with Crippen LogP contribution in [0.2, 0.25) is 0 Å². The number of carboxylic acids is 1. The molecule has 38 heavy (non-hydrogen) atoms. The Morgan fingerprint density at radius 3 is 2.47 bits per heavy atom. The first-order valence-corrected chi connectivity index (χ1v) is 12.9. The maximum atomic E-state index is 14.3. The van der Waals surface area contributed by atoms with E-state index < -0.39 is 5.97 Å². The first-order valence-electron chi connectivity index (χ1n) is 11.9. The predicted molar refractivity (Wildman–Crippen MR) is 145 cm³/mol. The molecule has 9 heteroatoms. The average Bonchev–Trinajstić information content (AvgIpc) is 3.50. The minimum absolute atomic E-state index is 0.0119. The topological polar surface area (TPSA) is 98.0 Å². The molecule has 0 saturated heterocycles. The fraction of sp³-hybridized carbons (Fsp3) is 0.241. The first kappa shape index (κ1) is 27.1. The standard InChI is InChI=1S/C29H28FNO6S/c1-17-22(11-18-12-25(35-2)29(26(13-18)36-3)38-10-8-28(33)34)21-7-6-19(30)14-24(21)23(17)15-27(32)31-16-20-5-4-9-37-20/h4-7,9,11-14H,8,10,15-16H2,1-3H3,(H,31,32)(H,33,34)/b22-11-. The summed E-state index contributed by atoms with van der Waals surface area (Å²) < 4.78 is 30.7. The molecule has 1 aliphatic rings. The molecule has 198 valence electrons. The number of ether oxygens (including phenoxy) is 2. The number of hydrogen-bond acceptors (Lipinski definition) is 6. The van der Waals surface area contributed by atoms with E-state index in [4.69, 9.17) is 19.0 Å². The van der Waals surface area contributed by atoms with Crippen molar-refractivity contribution in [2.45, 2.75) is 31.2 Å². The average molecular weight is 538 g/mol. The summed E-state index contributed by atoms with van der Waals surface area (Å²) in [5.74, 6) is 0.687. The van der Waals surface area contributed by atoms with Crippen LogP contribution in [0.3, 0.4) is 0 Å². The van der Waals surface area contributed by atoms with Crippen LogP contribution in [-0.4, -0.2) is 37.0 Å². The van der Waals surface area contributed by atoms with E-state index in [1.807, 2.05) is 25.1 Å². The molecule has 3 aromatic rings. The summed E-state index contributed by atoms with van der Waals surface area (Å²) in [4.78, 5) is 24.4. The lowest BCUT2D eigenvalue weighted by Crippen LogP contribution is -2.22. The van der Waals surface area contributed by atoms with E-state index in [2.05, 4.69) is 5.32 Å². The second-order valence-electron chi connectivity index (χ2n) is 8.63. The lowest BCUT2D eigenvalue weighted by atomic mass is 10.0. The number of aliphatic carboxylic acids is 1. The second-order valence-corrected chi connectivity index (χ2v) is 9.74. The zero-order valence-corrected chi connectivity index (χ0v) is 22.1. The number of carbonyl (C=O) groups is 2. The number of nitrogens with one attached hydrogen (secondary N) is 1. The molecule has 7 nitrogen and oxygen atoms in total. The smallest absolute Gasteiger partial charge is 0.304 e. The largest absolute Gasteiger partial charge is 0.495 e. The van der Waals surface area contributed by atoms with Crippen LogP contribution in [0.1, 0.15) is 42.2 Å². The zero-order valence-electron chi connectivity index (χ0n) is 21.3. The van der Waals surface area contributed by atoms with Crippen molar-refractivity contribution < 1.29 is 33.0 Å². The van der Waals surface area contributed by atoms with Gasteiger partial charge in [-0.2, -0.15) is 0 Å². The highest BCUT2D eigenvalue weighted by atomic mass is 32.2. The van der Waals surface area contributed by atoms with Crippen molar-refractivity contribution in [2.24, 2.45) is 0 Å². The molecule has 1 aliphatic carbocycles. The van der Waals surface area contributed by atoms with Crippen molar-refractivity contribution in [1.29, 1.82) is 0 Å². The third kappa shape index (κ3) is 6.11. The number of fused-ring (bicyclic) bond motifs is 1. The number of benzene rings is 2. The molecule has 2 N–H and O–H groups in total. The highest BCUT2D eigenvalue weighted by Crippen LogP contribution is 2.45. The quantitative estimate of drug-likeness (QED) is 0.288. The number of allylic oxidation sites excluding steroid dienone is 2. The van der Waals surface area contributed by atoms with Gasteiger partial charge >= 0.3 is 5.97 Å². The lowest BCUT2D eigenvalue weighted by Gasteiger charge is -2.14. The molecule has 1 heterocycles. The molecule has 0 atom stereocenters. The van der Waals surface area contributed by atoms with E-state index in [1.165, 1.54) is 23.9 Å². The summed E-state index contributed by atoms with van der Waals surface area (Å²) in [6.45, 7) is 2.19. The molecule has 1 aromatic heterocycles. The molecule has 2 aromatic carbocycles. The summed E-state index contributed by atoms with van der Waals surface area (Å²) in [6, 6.07) is 11.8. The van der Waals surface area contributed by atoms with Crippen LogP contribution in [0.4, 0.5) is 4.39 Å². The van der Waals surface area contributed by atoms with Crippen LogP contribution < -0.4 is 14.8 Å². The Morgan fingerprint density at radius 1 is 1.11 bits per heavy atom. The van der Waals surface area contributed by atoms with Gasteiger partial charge in [-0.3, -0.25) is 9.59 Å².